The van der Waals surface area contributed by atoms with Gasteiger partial charge in [-0.25, -0.2) is 4.79 Å². The maximum Gasteiger partial charge on any atom is 0.407 e. The zero-order chi connectivity index (χ0) is 19.3. The Morgan fingerprint density at radius 1 is 1.12 bits per heavy atom. The third-order valence-corrected chi connectivity index (χ3v) is 3.88. The van der Waals surface area contributed by atoms with Crippen LogP contribution < -0.4 is 15.4 Å². The van der Waals surface area contributed by atoms with Crippen LogP contribution >= 0.6 is 0 Å². The van der Waals surface area contributed by atoms with Gasteiger partial charge in [0, 0.05) is 6.04 Å². The van der Waals surface area contributed by atoms with Crippen molar-refractivity contribution in [3.63, 3.8) is 0 Å². The number of alkyl halides is 2. The zero-order valence-electron chi connectivity index (χ0n) is 15.1. The maximum atomic E-state index is 12.5. The van der Waals surface area contributed by atoms with Crippen LogP contribution in [0, 0.1) is 0 Å². The lowest BCUT2D eigenvalue weighted by molar-refractivity contribution is -0.0501. The standard InChI is InChI=1S/C18H24F2N2O4/c1-18(2,3)26-17(24)22-13-9-6-8-12(13)21-15(23)11-7-4-5-10-14(11)25-16(19)20/h4-5,7,10,12-13,16H,6,8-9H2,1-3H3,(H,21,23)(H,22,24)/t12-,13-/m0/s1. The molecule has 2 N–H and O–H groups in total. The highest BCUT2D eigenvalue weighted by molar-refractivity contribution is 5.97. The largest absolute Gasteiger partial charge is 0.444 e. The molecule has 0 heterocycles. The Balaban J connectivity index is 2.01. The van der Waals surface area contributed by atoms with Crippen molar-refractivity contribution in [2.75, 3.05) is 0 Å². The first-order valence-electron chi connectivity index (χ1n) is 8.50. The molecule has 0 saturated heterocycles. The van der Waals surface area contributed by atoms with Gasteiger partial charge in [0.15, 0.2) is 0 Å². The van der Waals surface area contributed by atoms with E-state index < -0.39 is 24.2 Å². The molecule has 6 nitrogen and oxygen atoms in total. The van der Waals surface area contributed by atoms with Crippen LogP contribution in [0.2, 0.25) is 0 Å². The summed E-state index contributed by atoms with van der Waals surface area (Å²) >= 11 is 0. The fourth-order valence-electron chi connectivity index (χ4n) is 2.86. The molecule has 2 rings (SSSR count). The average molecular weight is 370 g/mol. The van der Waals surface area contributed by atoms with Crippen LogP contribution in [-0.4, -0.2) is 36.3 Å². The summed E-state index contributed by atoms with van der Waals surface area (Å²) in [6.07, 6.45) is 1.63. The van der Waals surface area contributed by atoms with Crippen LogP contribution in [0.15, 0.2) is 24.3 Å². The third-order valence-electron chi connectivity index (χ3n) is 3.88. The van der Waals surface area contributed by atoms with Gasteiger partial charge in [-0.05, 0) is 52.2 Å². The van der Waals surface area contributed by atoms with Crippen molar-refractivity contribution in [1.29, 1.82) is 0 Å². The summed E-state index contributed by atoms with van der Waals surface area (Å²) in [6.45, 7) is 2.28. The van der Waals surface area contributed by atoms with Crippen molar-refractivity contribution in [3.8, 4) is 5.75 Å². The minimum atomic E-state index is -3.02. The van der Waals surface area contributed by atoms with E-state index in [0.717, 1.165) is 6.42 Å². The fraction of sp³-hybridized carbons (Fsp3) is 0.556. The van der Waals surface area contributed by atoms with E-state index in [1.807, 2.05) is 0 Å². The number of hydrogen-bond donors (Lipinski definition) is 2. The number of amides is 2. The molecule has 1 saturated carbocycles. The lowest BCUT2D eigenvalue weighted by Gasteiger charge is -2.25. The molecule has 0 bridgehead atoms. The molecule has 1 aromatic carbocycles. The number of carbonyl (C=O) groups is 2. The molecule has 0 aromatic heterocycles. The molecule has 1 aliphatic carbocycles. The Morgan fingerprint density at radius 2 is 1.73 bits per heavy atom. The van der Waals surface area contributed by atoms with E-state index in [2.05, 4.69) is 15.4 Å². The first-order chi connectivity index (χ1) is 12.2. The van der Waals surface area contributed by atoms with E-state index in [1.165, 1.54) is 18.2 Å². The molecule has 1 aliphatic rings. The first kappa shape index (κ1) is 19.9. The molecular weight excluding hydrogens is 346 g/mol. The van der Waals surface area contributed by atoms with E-state index in [9.17, 15) is 18.4 Å². The molecule has 0 unspecified atom stereocenters. The fourth-order valence-corrected chi connectivity index (χ4v) is 2.86. The number of carbonyl (C=O) groups excluding carboxylic acids is 2. The monoisotopic (exact) mass is 370 g/mol. The van der Waals surface area contributed by atoms with Crippen LogP contribution in [-0.2, 0) is 4.74 Å². The molecule has 26 heavy (non-hydrogen) atoms. The lowest BCUT2D eigenvalue weighted by Crippen LogP contribution is -2.49. The molecule has 144 valence electrons. The molecular formula is C18H24F2N2O4. The van der Waals surface area contributed by atoms with Crippen molar-refractivity contribution >= 4 is 12.0 Å². The number of halogens is 2. The third kappa shape index (κ3) is 5.86. The highest BCUT2D eigenvalue weighted by atomic mass is 19.3. The van der Waals surface area contributed by atoms with Gasteiger partial charge in [0.1, 0.15) is 11.4 Å². The number of nitrogens with one attached hydrogen (secondary N) is 2. The van der Waals surface area contributed by atoms with E-state index in [0.29, 0.717) is 12.8 Å². The molecule has 2 atom stereocenters. The number of ether oxygens (including phenoxy) is 2. The minimum absolute atomic E-state index is 0.0238. The molecule has 0 spiro atoms. The lowest BCUT2D eigenvalue weighted by atomic mass is 10.1. The number of alkyl carbamates (subject to hydrolysis) is 1. The molecule has 8 heteroatoms. The van der Waals surface area contributed by atoms with Gasteiger partial charge in [0.05, 0.1) is 11.6 Å². The number of para-hydroxylation sites is 1. The van der Waals surface area contributed by atoms with Crippen molar-refractivity contribution < 1.29 is 27.8 Å². The van der Waals surface area contributed by atoms with Gasteiger partial charge in [-0.3, -0.25) is 4.79 Å². The molecule has 1 aromatic rings. The maximum absolute atomic E-state index is 12.5. The number of rotatable bonds is 5. The van der Waals surface area contributed by atoms with Gasteiger partial charge >= 0.3 is 12.7 Å². The van der Waals surface area contributed by atoms with Crippen LogP contribution in [0.1, 0.15) is 50.4 Å². The molecule has 1 fully saturated rings. The summed E-state index contributed by atoms with van der Waals surface area (Å²) in [5, 5.41) is 5.55. The van der Waals surface area contributed by atoms with Crippen LogP contribution in [0.4, 0.5) is 13.6 Å². The predicted molar refractivity (Wildman–Crippen MR) is 91.3 cm³/mol. The Kier molecular flexibility index (Phi) is 6.39. The minimum Gasteiger partial charge on any atom is -0.444 e. The second kappa shape index (κ2) is 8.33. The van der Waals surface area contributed by atoms with Gasteiger partial charge in [-0.15, -0.1) is 0 Å². The normalized spacial score (nSPS) is 19.9. The predicted octanol–water partition coefficient (Wildman–Crippen LogP) is 3.46. The summed E-state index contributed by atoms with van der Waals surface area (Å²) in [4.78, 5) is 24.4. The summed E-state index contributed by atoms with van der Waals surface area (Å²) in [5.41, 5.74) is -0.594. The number of benzene rings is 1. The Hall–Kier alpha value is -2.38. The smallest absolute Gasteiger partial charge is 0.407 e. The number of hydrogen-bond acceptors (Lipinski definition) is 4. The molecule has 0 aliphatic heterocycles. The highest BCUT2D eigenvalue weighted by Gasteiger charge is 2.32. The van der Waals surface area contributed by atoms with Crippen molar-refractivity contribution in [2.45, 2.75) is 64.3 Å². The Morgan fingerprint density at radius 3 is 2.35 bits per heavy atom. The second-order valence-electron chi connectivity index (χ2n) is 7.14. The van der Waals surface area contributed by atoms with Crippen LogP contribution in [0.5, 0.6) is 5.75 Å². The quantitative estimate of drug-likeness (QED) is 0.832. The van der Waals surface area contributed by atoms with Gasteiger partial charge in [0.2, 0.25) is 0 Å². The summed E-state index contributed by atoms with van der Waals surface area (Å²) in [5.74, 6) is -0.709. The summed E-state index contributed by atoms with van der Waals surface area (Å²) in [6, 6.07) is 5.21. The average Bonchev–Trinajstić information content (AvgIpc) is 2.92. The summed E-state index contributed by atoms with van der Waals surface area (Å²) < 4.78 is 34.6. The second-order valence-corrected chi connectivity index (χ2v) is 7.14. The molecule has 0 radical (unpaired) electrons. The van der Waals surface area contributed by atoms with E-state index in [-0.39, 0.29) is 23.4 Å². The topological polar surface area (TPSA) is 76.7 Å². The Bertz CT molecular complexity index is 646. The van der Waals surface area contributed by atoms with Gasteiger partial charge < -0.3 is 20.1 Å². The van der Waals surface area contributed by atoms with Crippen LogP contribution in [0.3, 0.4) is 0 Å². The van der Waals surface area contributed by atoms with Gasteiger partial charge in [0.25, 0.3) is 5.91 Å². The first-order valence-corrected chi connectivity index (χ1v) is 8.50. The van der Waals surface area contributed by atoms with Gasteiger partial charge in [-0.1, -0.05) is 12.1 Å². The summed E-state index contributed by atoms with van der Waals surface area (Å²) in [7, 11) is 0. The highest BCUT2D eigenvalue weighted by Crippen LogP contribution is 2.23. The Labute approximate surface area is 151 Å². The van der Waals surface area contributed by atoms with E-state index in [1.54, 1.807) is 26.8 Å². The van der Waals surface area contributed by atoms with Crippen LogP contribution in [0.25, 0.3) is 0 Å². The van der Waals surface area contributed by atoms with Crippen molar-refractivity contribution in [3.05, 3.63) is 29.8 Å². The van der Waals surface area contributed by atoms with E-state index in [4.69, 9.17) is 4.74 Å². The zero-order valence-corrected chi connectivity index (χ0v) is 15.1. The van der Waals surface area contributed by atoms with Crippen molar-refractivity contribution in [2.24, 2.45) is 0 Å². The molecule has 2 amide bonds. The van der Waals surface area contributed by atoms with Crippen molar-refractivity contribution in [1.82, 2.24) is 10.6 Å². The van der Waals surface area contributed by atoms with Gasteiger partial charge in [-0.2, -0.15) is 8.78 Å². The SMILES string of the molecule is CC(C)(C)OC(=O)N[C@H]1CCC[C@@H]1NC(=O)c1ccccc1OC(F)F. The van der Waals surface area contributed by atoms with E-state index >= 15 is 0 Å².